The molecule has 0 saturated carbocycles. The second-order valence-electron chi connectivity index (χ2n) is 7.32. The van der Waals surface area contributed by atoms with Gasteiger partial charge < -0.3 is 10.1 Å². The molecule has 2 atom stereocenters. The summed E-state index contributed by atoms with van der Waals surface area (Å²) in [6, 6.07) is 11.2. The molecular formula is C22H21FN2O5. The Balaban J connectivity index is 1.66. The molecule has 3 rings (SSSR count). The van der Waals surface area contributed by atoms with Crippen molar-refractivity contribution in [2.45, 2.75) is 32.4 Å². The largest absolute Gasteiger partial charge is 0.453 e. The lowest BCUT2D eigenvalue weighted by Crippen LogP contribution is -2.42. The van der Waals surface area contributed by atoms with E-state index in [1.165, 1.54) is 19.1 Å². The molecule has 3 amide bonds. The van der Waals surface area contributed by atoms with Crippen molar-refractivity contribution in [1.82, 2.24) is 10.2 Å². The number of benzene rings is 2. The maximum Gasteiger partial charge on any atom is 0.326 e. The third-order valence-electron chi connectivity index (χ3n) is 5.00. The number of hydrogen-bond donors (Lipinski definition) is 1. The molecule has 8 heteroatoms. The second kappa shape index (κ2) is 8.06. The number of hydrogen-bond acceptors (Lipinski definition) is 5. The highest BCUT2D eigenvalue weighted by Gasteiger charge is 2.49. The molecule has 1 heterocycles. The number of ketones is 1. The molecule has 0 radical (unpaired) electrons. The zero-order chi connectivity index (χ0) is 22.1. The number of imide groups is 1. The monoisotopic (exact) mass is 412 g/mol. The van der Waals surface area contributed by atoms with E-state index >= 15 is 0 Å². The molecule has 0 bridgehead atoms. The Labute approximate surface area is 172 Å². The van der Waals surface area contributed by atoms with Crippen molar-refractivity contribution in [2.75, 3.05) is 6.54 Å². The number of halogens is 1. The van der Waals surface area contributed by atoms with E-state index in [1.807, 2.05) is 19.1 Å². The molecule has 0 aliphatic carbocycles. The van der Waals surface area contributed by atoms with Crippen LogP contribution in [0.15, 0.2) is 48.5 Å². The zero-order valence-corrected chi connectivity index (χ0v) is 16.8. The predicted octanol–water partition coefficient (Wildman–Crippen LogP) is 2.72. The van der Waals surface area contributed by atoms with Gasteiger partial charge in [0, 0.05) is 5.56 Å². The Morgan fingerprint density at radius 2 is 1.70 bits per heavy atom. The number of esters is 1. The van der Waals surface area contributed by atoms with Gasteiger partial charge in [0.25, 0.3) is 5.91 Å². The van der Waals surface area contributed by atoms with Crippen molar-refractivity contribution in [3.63, 3.8) is 0 Å². The number of carbonyl (C=O) groups excluding carboxylic acids is 4. The number of ether oxygens (including phenoxy) is 1. The molecule has 2 aromatic carbocycles. The number of carbonyl (C=O) groups is 4. The third-order valence-corrected chi connectivity index (χ3v) is 5.00. The van der Waals surface area contributed by atoms with Crippen LogP contribution in [0.1, 0.15) is 35.3 Å². The lowest BCUT2D eigenvalue weighted by atomic mass is 9.91. The van der Waals surface area contributed by atoms with Crippen molar-refractivity contribution in [3.8, 4) is 0 Å². The van der Waals surface area contributed by atoms with E-state index in [1.54, 1.807) is 19.1 Å². The number of nitrogens with zero attached hydrogens (tertiary/aromatic N) is 1. The molecule has 1 fully saturated rings. The van der Waals surface area contributed by atoms with E-state index < -0.39 is 47.7 Å². The van der Waals surface area contributed by atoms with Crippen molar-refractivity contribution in [3.05, 3.63) is 71.0 Å². The van der Waals surface area contributed by atoms with Crippen LogP contribution in [-0.4, -0.2) is 41.2 Å². The first kappa shape index (κ1) is 21.2. The van der Waals surface area contributed by atoms with Gasteiger partial charge in [0.1, 0.15) is 17.9 Å². The van der Waals surface area contributed by atoms with Gasteiger partial charge in [-0.2, -0.15) is 0 Å². The summed E-state index contributed by atoms with van der Waals surface area (Å²) < 4.78 is 18.1. The second-order valence-corrected chi connectivity index (χ2v) is 7.32. The summed E-state index contributed by atoms with van der Waals surface area (Å²) in [6.45, 7) is 4.20. The summed E-state index contributed by atoms with van der Waals surface area (Å²) in [5, 5.41) is 2.61. The Bertz CT molecular complexity index is 1000. The van der Waals surface area contributed by atoms with Gasteiger partial charge in [-0.05, 0) is 50.6 Å². The SMILES string of the molecule is Cc1ccc([C@@]2(C)NC(=O)N(CC(=O)O[C@H](C)C(=O)c3ccc(F)cc3)C2=O)cc1. The summed E-state index contributed by atoms with van der Waals surface area (Å²) in [6.07, 6.45) is -1.16. The minimum atomic E-state index is -1.30. The van der Waals surface area contributed by atoms with E-state index in [0.717, 1.165) is 22.6 Å². The van der Waals surface area contributed by atoms with Crippen LogP contribution in [0.2, 0.25) is 0 Å². The molecule has 0 unspecified atom stereocenters. The maximum absolute atomic E-state index is 13.0. The predicted molar refractivity (Wildman–Crippen MR) is 105 cm³/mol. The molecule has 1 aliphatic rings. The van der Waals surface area contributed by atoms with Crippen molar-refractivity contribution in [2.24, 2.45) is 0 Å². The number of urea groups is 1. The first-order valence-corrected chi connectivity index (χ1v) is 9.32. The molecule has 1 aliphatic heterocycles. The highest BCUT2D eigenvalue weighted by molar-refractivity contribution is 6.09. The van der Waals surface area contributed by atoms with Gasteiger partial charge in [-0.1, -0.05) is 29.8 Å². The Kier molecular flexibility index (Phi) is 5.69. The lowest BCUT2D eigenvalue weighted by molar-refractivity contribution is -0.149. The minimum absolute atomic E-state index is 0.179. The topological polar surface area (TPSA) is 92.8 Å². The molecule has 1 N–H and O–H groups in total. The fraction of sp³-hybridized carbons (Fsp3) is 0.273. The number of aryl methyl sites for hydroxylation is 1. The highest BCUT2D eigenvalue weighted by atomic mass is 19.1. The molecule has 30 heavy (non-hydrogen) atoms. The Hall–Kier alpha value is -3.55. The highest BCUT2D eigenvalue weighted by Crippen LogP contribution is 2.29. The standard InChI is InChI=1S/C22H21FN2O5/c1-13-4-8-16(9-5-13)22(3)20(28)25(21(29)24-22)12-18(26)30-14(2)19(27)15-6-10-17(23)11-7-15/h4-11,14H,12H2,1-3H3,(H,24,29)/t14-,22-/m1/s1. The molecule has 2 aromatic rings. The van der Waals surface area contributed by atoms with Gasteiger partial charge in [-0.25, -0.2) is 9.18 Å². The number of nitrogens with one attached hydrogen (secondary N) is 1. The Morgan fingerprint density at radius 3 is 2.30 bits per heavy atom. The van der Waals surface area contributed by atoms with Gasteiger partial charge in [0.2, 0.25) is 5.78 Å². The van der Waals surface area contributed by atoms with Crippen molar-refractivity contribution >= 4 is 23.7 Å². The maximum atomic E-state index is 13.0. The van der Waals surface area contributed by atoms with E-state index in [4.69, 9.17) is 4.74 Å². The summed E-state index contributed by atoms with van der Waals surface area (Å²) in [7, 11) is 0. The van der Waals surface area contributed by atoms with Crippen molar-refractivity contribution in [1.29, 1.82) is 0 Å². The normalized spacial score (nSPS) is 19.4. The summed E-state index contributed by atoms with van der Waals surface area (Å²) in [5.41, 5.74) is 0.459. The van der Waals surface area contributed by atoms with Crippen LogP contribution in [0.25, 0.3) is 0 Å². The smallest absolute Gasteiger partial charge is 0.326 e. The average molecular weight is 412 g/mol. The van der Waals surface area contributed by atoms with E-state index in [-0.39, 0.29) is 5.56 Å². The van der Waals surface area contributed by atoms with Crippen LogP contribution >= 0.6 is 0 Å². The summed E-state index contributed by atoms with van der Waals surface area (Å²) in [5.74, 6) is -2.52. The fourth-order valence-electron chi connectivity index (χ4n) is 3.19. The van der Waals surface area contributed by atoms with Gasteiger partial charge in [-0.3, -0.25) is 19.3 Å². The third kappa shape index (κ3) is 4.07. The van der Waals surface area contributed by atoms with Crippen LogP contribution in [0, 0.1) is 12.7 Å². The van der Waals surface area contributed by atoms with E-state index in [2.05, 4.69) is 5.32 Å². The van der Waals surface area contributed by atoms with E-state index in [9.17, 15) is 23.6 Å². The van der Waals surface area contributed by atoms with Gasteiger partial charge in [-0.15, -0.1) is 0 Å². The fourth-order valence-corrected chi connectivity index (χ4v) is 3.19. The van der Waals surface area contributed by atoms with Crippen LogP contribution in [-0.2, 0) is 19.9 Å². The molecule has 0 aromatic heterocycles. The molecule has 0 spiro atoms. The number of rotatable bonds is 6. The zero-order valence-electron chi connectivity index (χ0n) is 16.8. The van der Waals surface area contributed by atoms with Crippen LogP contribution < -0.4 is 5.32 Å². The molecule has 1 saturated heterocycles. The van der Waals surface area contributed by atoms with Gasteiger partial charge in [0.05, 0.1) is 0 Å². The van der Waals surface area contributed by atoms with Gasteiger partial charge in [0.15, 0.2) is 6.10 Å². The van der Waals surface area contributed by atoms with Crippen molar-refractivity contribution < 1.29 is 28.3 Å². The van der Waals surface area contributed by atoms with Crippen LogP contribution in [0.4, 0.5) is 9.18 Å². The molecule has 7 nitrogen and oxygen atoms in total. The molecule has 156 valence electrons. The lowest BCUT2D eigenvalue weighted by Gasteiger charge is -2.22. The molecular weight excluding hydrogens is 391 g/mol. The summed E-state index contributed by atoms with van der Waals surface area (Å²) in [4.78, 5) is 50.5. The number of Topliss-reactive ketones (excluding diaryl/α,β-unsaturated/α-hetero) is 1. The van der Waals surface area contributed by atoms with Gasteiger partial charge >= 0.3 is 12.0 Å². The first-order chi connectivity index (χ1) is 14.1. The van der Waals surface area contributed by atoms with Crippen LogP contribution in [0.3, 0.4) is 0 Å². The van der Waals surface area contributed by atoms with E-state index in [0.29, 0.717) is 5.56 Å². The average Bonchev–Trinajstić information content (AvgIpc) is 2.92. The first-order valence-electron chi connectivity index (χ1n) is 9.32. The Morgan fingerprint density at radius 1 is 1.10 bits per heavy atom. The van der Waals surface area contributed by atoms with Crippen LogP contribution in [0.5, 0.6) is 0 Å². The minimum Gasteiger partial charge on any atom is -0.453 e. The number of amides is 3. The summed E-state index contributed by atoms with van der Waals surface area (Å²) >= 11 is 0. The quantitative estimate of drug-likeness (QED) is 0.447.